The minimum Gasteiger partial charge on any atom is -0.497 e. The van der Waals surface area contributed by atoms with Crippen LogP contribution < -0.4 is 10.2 Å². The van der Waals surface area contributed by atoms with Gasteiger partial charge in [0.15, 0.2) is 0 Å². The highest BCUT2D eigenvalue weighted by Crippen LogP contribution is 2.15. The minimum atomic E-state index is -1.44. The minimum absolute atomic E-state index is 0.511. The number of methoxy groups -OCH3 is 1. The number of likely N-dealkylation sites (N-methyl/N-ethyl adjacent to an activating group) is 1. The molecule has 1 aromatic rings. The summed E-state index contributed by atoms with van der Waals surface area (Å²) >= 11 is 0. The summed E-state index contributed by atoms with van der Waals surface area (Å²) in [7, 11) is 2.31. The van der Waals surface area contributed by atoms with Gasteiger partial charge in [0.1, 0.15) is 5.75 Å². The van der Waals surface area contributed by atoms with Crippen LogP contribution in [0.3, 0.4) is 0 Å². The molecule has 2 rings (SSSR count). The van der Waals surface area contributed by atoms with Crippen molar-refractivity contribution < 1.29 is 14.8 Å². The molecule has 1 aliphatic heterocycles. The van der Waals surface area contributed by atoms with Crippen molar-refractivity contribution >= 4 is 12.6 Å². The molecule has 0 saturated carbocycles. The van der Waals surface area contributed by atoms with Crippen LogP contribution in [0.4, 0.5) is 0 Å². The van der Waals surface area contributed by atoms with E-state index in [1.165, 1.54) is 0 Å². The van der Waals surface area contributed by atoms with Crippen molar-refractivity contribution in [2.24, 2.45) is 0 Å². The fraction of sp³-hybridized carbons (Fsp3) is 0.571. The first-order chi connectivity index (χ1) is 9.51. The summed E-state index contributed by atoms with van der Waals surface area (Å²) in [6.07, 6.45) is 0. The number of piperazine rings is 1. The molecule has 0 amide bonds. The summed E-state index contributed by atoms with van der Waals surface area (Å²) < 4.78 is 5.23. The van der Waals surface area contributed by atoms with Crippen LogP contribution in [-0.2, 0) is 6.54 Å². The van der Waals surface area contributed by atoms with Crippen LogP contribution >= 0.6 is 0 Å². The molecule has 6 heteroatoms. The van der Waals surface area contributed by atoms with E-state index in [1.54, 1.807) is 19.2 Å². The fourth-order valence-corrected chi connectivity index (χ4v) is 2.61. The summed E-state index contributed by atoms with van der Waals surface area (Å²) in [5, 5.41) is 19.0. The lowest BCUT2D eigenvalue weighted by atomic mass is 9.76. The van der Waals surface area contributed by atoms with E-state index < -0.39 is 7.12 Å². The molecule has 1 fully saturated rings. The third-order valence-electron chi connectivity index (χ3n) is 4.07. The summed E-state index contributed by atoms with van der Waals surface area (Å²) in [5.74, 6) is 0.742. The van der Waals surface area contributed by atoms with Gasteiger partial charge in [-0.25, -0.2) is 0 Å². The number of ether oxygens (including phenoxy) is 1. The predicted molar refractivity (Wildman–Crippen MR) is 80.2 cm³/mol. The van der Waals surface area contributed by atoms with E-state index in [2.05, 4.69) is 23.8 Å². The van der Waals surface area contributed by atoms with Crippen LogP contribution in [-0.4, -0.2) is 66.8 Å². The lowest BCUT2D eigenvalue weighted by Gasteiger charge is -2.38. The Morgan fingerprint density at radius 3 is 2.70 bits per heavy atom. The maximum Gasteiger partial charge on any atom is 0.488 e. The second-order valence-electron chi connectivity index (χ2n) is 5.50. The zero-order valence-corrected chi connectivity index (χ0v) is 12.4. The van der Waals surface area contributed by atoms with Crippen molar-refractivity contribution in [1.82, 2.24) is 9.80 Å². The normalized spacial score (nSPS) is 20.9. The Morgan fingerprint density at radius 1 is 1.35 bits per heavy atom. The largest absolute Gasteiger partial charge is 0.497 e. The fourth-order valence-electron chi connectivity index (χ4n) is 2.61. The van der Waals surface area contributed by atoms with Gasteiger partial charge >= 0.3 is 7.12 Å². The molecule has 0 aromatic heterocycles. The Bertz CT molecular complexity index is 456. The first-order valence-electron chi connectivity index (χ1n) is 6.96. The van der Waals surface area contributed by atoms with Gasteiger partial charge in [-0.1, -0.05) is 6.07 Å². The topological polar surface area (TPSA) is 56.2 Å². The third-order valence-corrected chi connectivity index (χ3v) is 4.07. The van der Waals surface area contributed by atoms with Crippen molar-refractivity contribution in [2.45, 2.75) is 19.5 Å². The lowest BCUT2D eigenvalue weighted by molar-refractivity contribution is 0.100. The molecular formula is C14H23BN2O3. The van der Waals surface area contributed by atoms with E-state index in [1.807, 2.05) is 6.07 Å². The highest BCUT2D eigenvalue weighted by atomic mass is 16.5. The smallest absolute Gasteiger partial charge is 0.488 e. The zero-order chi connectivity index (χ0) is 14.7. The molecule has 0 spiro atoms. The molecular weight excluding hydrogens is 255 g/mol. The van der Waals surface area contributed by atoms with Crippen molar-refractivity contribution in [3.05, 3.63) is 23.8 Å². The molecule has 5 nitrogen and oxygen atoms in total. The number of rotatable bonds is 4. The number of hydrogen-bond donors (Lipinski definition) is 2. The first-order valence-corrected chi connectivity index (χ1v) is 6.96. The Balaban J connectivity index is 2.15. The van der Waals surface area contributed by atoms with Gasteiger partial charge in [0.05, 0.1) is 7.11 Å². The summed E-state index contributed by atoms with van der Waals surface area (Å²) in [4.78, 5) is 4.68. The van der Waals surface area contributed by atoms with Crippen LogP contribution in [0.1, 0.15) is 12.5 Å². The molecule has 1 unspecified atom stereocenters. The predicted octanol–water partition coefficient (Wildman–Crippen LogP) is -0.489. The highest BCUT2D eigenvalue weighted by Gasteiger charge is 2.23. The first kappa shape index (κ1) is 15.3. The molecule has 1 saturated heterocycles. The third kappa shape index (κ3) is 3.52. The molecule has 0 aliphatic carbocycles. The lowest BCUT2D eigenvalue weighted by Crippen LogP contribution is -2.50. The van der Waals surface area contributed by atoms with Gasteiger partial charge in [-0.2, -0.15) is 0 Å². The average Bonchev–Trinajstić information content (AvgIpc) is 2.42. The van der Waals surface area contributed by atoms with Crippen molar-refractivity contribution in [3.63, 3.8) is 0 Å². The molecule has 1 aliphatic rings. The van der Waals surface area contributed by atoms with Crippen LogP contribution in [0, 0.1) is 0 Å². The summed E-state index contributed by atoms with van der Waals surface area (Å²) in [5.41, 5.74) is 1.47. The van der Waals surface area contributed by atoms with Crippen molar-refractivity contribution in [3.8, 4) is 5.75 Å². The Hall–Kier alpha value is -1.08. The maximum atomic E-state index is 9.48. The van der Waals surface area contributed by atoms with Gasteiger partial charge in [0, 0.05) is 32.2 Å². The molecule has 20 heavy (non-hydrogen) atoms. The van der Waals surface area contributed by atoms with Crippen molar-refractivity contribution in [1.29, 1.82) is 0 Å². The van der Waals surface area contributed by atoms with Gasteiger partial charge < -0.3 is 19.7 Å². The van der Waals surface area contributed by atoms with E-state index in [-0.39, 0.29) is 0 Å². The molecule has 0 radical (unpaired) electrons. The van der Waals surface area contributed by atoms with Crippen LogP contribution in [0.25, 0.3) is 0 Å². The standard InChI is InChI=1S/C14H23BN2O3/c1-11-9-17(7-6-16(11)2)10-12-8-13(20-3)4-5-14(12)15(18)19/h4-5,8,11,18-19H,6-7,9-10H2,1-3H3. The second kappa shape index (κ2) is 6.58. The van der Waals surface area contributed by atoms with E-state index in [4.69, 9.17) is 4.74 Å². The number of hydrogen-bond acceptors (Lipinski definition) is 5. The Kier molecular flexibility index (Phi) is 5.04. The molecule has 0 bridgehead atoms. The van der Waals surface area contributed by atoms with E-state index in [9.17, 15) is 10.0 Å². The molecule has 1 atom stereocenters. The molecule has 1 aromatic carbocycles. The molecule has 110 valence electrons. The van der Waals surface area contributed by atoms with Gasteiger partial charge in [0.2, 0.25) is 0 Å². The van der Waals surface area contributed by atoms with Crippen molar-refractivity contribution in [2.75, 3.05) is 33.8 Å². The SMILES string of the molecule is COc1ccc(B(O)O)c(CN2CCN(C)C(C)C2)c1. The van der Waals surface area contributed by atoms with E-state index >= 15 is 0 Å². The molecule has 2 N–H and O–H groups in total. The van der Waals surface area contributed by atoms with Crippen LogP contribution in [0.5, 0.6) is 5.75 Å². The summed E-state index contributed by atoms with van der Waals surface area (Å²) in [6.45, 7) is 5.91. The monoisotopic (exact) mass is 278 g/mol. The maximum absolute atomic E-state index is 9.48. The van der Waals surface area contributed by atoms with Gasteiger partial charge in [-0.05, 0) is 37.1 Å². The Morgan fingerprint density at radius 2 is 2.10 bits per heavy atom. The van der Waals surface area contributed by atoms with Gasteiger partial charge in [-0.15, -0.1) is 0 Å². The van der Waals surface area contributed by atoms with Crippen LogP contribution in [0.2, 0.25) is 0 Å². The average molecular weight is 278 g/mol. The quantitative estimate of drug-likeness (QED) is 0.728. The van der Waals surface area contributed by atoms with Gasteiger partial charge in [-0.3, -0.25) is 4.90 Å². The zero-order valence-electron chi connectivity index (χ0n) is 12.4. The van der Waals surface area contributed by atoms with Crippen LogP contribution in [0.15, 0.2) is 18.2 Å². The number of benzene rings is 1. The summed E-state index contributed by atoms with van der Waals surface area (Å²) in [6, 6.07) is 5.87. The second-order valence-corrected chi connectivity index (χ2v) is 5.50. The van der Waals surface area contributed by atoms with E-state index in [0.29, 0.717) is 18.0 Å². The highest BCUT2D eigenvalue weighted by molar-refractivity contribution is 6.59. The molecule has 1 heterocycles. The Labute approximate surface area is 120 Å². The number of nitrogens with zero attached hydrogens (tertiary/aromatic N) is 2. The van der Waals surface area contributed by atoms with Gasteiger partial charge in [0.25, 0.3) is 0 Å². The van der Waals surface area contributed by atoms with E-state index in [0.717, 1.165) is 30.9 Å².